The van der Waals surface area contributed by atoms with Crippen LogP contribution in [0, 0.1) is 6.92 Å². The number of hydrazone groups is 1. The van der Waals surface area contributed by atoms with Crippen molar-refractivity contribution in [1.82, 2.24) is 15.2 Å². The Morgan fingerprint density at radius 1 is 1.48 bits per heavy atom. The van der Waals surface area contributed by atoms with Crippen LogP contribution in [0.25, 0.3) is 0 Å². The molecular weight excluding hydrogens is 284 g/mol. The van der Waals surface area contributed by atoms with Crippen LogP contribution in [-0.2, 0) is 19.9 Å². The average molecular weight is 302 g/mol. The predicted molar refractivity (Wildman–Crippen MR) is 84.0 cm³/mol. The number of aryl methyl sites for hydroxylation is 3. The molecule has 2 aromatic rings. The predicted octanol–water partition coefficient (Wildman–Crippen LogP) is 2.43. The van der Waals surface area contributed by atoms with Gasteiger partial charge in [-0.3, -0.25) is 9.48 Å². The first-order chi connectivity index (χ1) is 10.1. The van der Waals surface area contributed by atoms with Crippen molar-refractivity contribution in [3.8, 4) is 0 Å². The van der Waals surface area contributed by atoms with Gasteiger partial charge in [0.15, 0.2) is 0 Å². The van der Waals surface area contributed by atoms with Gasteiger partial charge in [-0.15, -0.1) is 11.3 Å². The Morgan fingerprint density at radius 3 is 3.05 bits per heavy atom. The molecule has 0 radical (unpaired) electrons. The Labute approximate surface area is 127 Å². The molecule has 0 unspecified atom stereocenters. The van der Waals surface area contributed by atoms with E-state index in [9.17, 15) is 4.79 Å². The lowest BCUT2D eigenvalue weighted by atomic mass is 9.96. The molecule has 3 rings (SSSR count). The molecule has 5 nitrogen and oxygen atoms in total. The van der Waals surface area contributed by atoms with Gasteiger partial charge in [0, 0.05) is 29.1 Å². The number of aromatic nitrogens is 2. The molecular formula is C15H18N4OS. The van der Waals surface area contributed by atoms with Crippen LogP contribution in [0.3, 0.4) is 0 Å². The first-order valence-corrected chi connectivity index (χ1v) is 7.96. The van der Waals surface area contributed by atoms with Crippen molar-refractivity contribution in [1.29, 1.82) is 0 Å². The van der Waals surface area contributed by atoms with Crippen LogP contribution in [0.1, 0.15) is 44.9 Å². The van der Waals surface area contributed by atoms with Crippen molar-refractivity contribution in [3.63, 3.8) is 0 Å². The third-order valence-electron chi connectivity index (χ3n) is 3.73. The molecule has 0 aliphatic heterocycles. The smallest absolute Gasteiger partial charge is 0.272 e. The van der Waals surface area contributed by atoms with E-state index >= 15 is 0 Å². The molecule has 1 N–H and O–H groups in total. The third kappa shape index (κ3) is 2.90. The zero-order valence-electron chi connectivity index (χ0n) is 12.2. The van der Waals surface area contributed by atoms with E-state index in [2.05, 4.69) is 15.6 Å². The van der Waals surface area contributed by atoms with Gasteiger partial charge in [0.05, 0.1) is 17.5 Å². The number of thiophene rings is 1. The van der Waals surface area contributed by atoms with Crippen LogP contribution in [0.4, 0.5) is 0 Å². The summed E-state index contributed by atoms with van der Waals surface area (Å²) in [6.45, 7) is 1.92. The van der Waals surface area contributed by atoms with E-state index in [1.54, 1.807) is 22.2 Å². The molecule has 0 fully saturated rings. The van der Waals surface area contributed by atoms with Gasteiger partial charge >= 0.3 is 0 Å². The lowest BCUT2D eigenvalue weighted by Crippen LogP contribution is -2.19. The van der Waals surface area contributed by atoms with Gasteiger partial charge in [0.25, 0.3) is 5.91 Å². The molecule has 0 bridgehead atoms. The van der Waals surface area contributed by atoms with E-state index in [0.717, 1.165) is 29.7 Å². The maximum absolute atomic E-state index is 12.2. The largest absolute Gasteiger partial charge is 0.275 e. The Balaban J connectivity index is 1.69. The highest BCUT2D eigenvalue weighted by atomic mass is 32.1. The number of amides is 1. The van der Waals surface area contributed by atoms with Crippen molar-refractivity contribution in [2.45, 2.75) is 32.6 Å². The maximum atomic E-state index is 12.2. The van der Waals surface area contributed by atoms with Gasteiger partial charge in [0.1, 0.15) is 0 Å². The molecule has 110 valence electrons. The van der Waals surface area contributed by atoms with E-state index in [1.807, 2.05) is 25.5 Å². The second-order valence-corrected chi connectivity index (χ2v) is 6.27. The second kappa shape index (κ2) is 5.81. The summed E-state index contributed by atoms with van der Waals surface area (Å²) in [7, 11) is 1.86. The summed E-state index contributed by atoms with van der Waals surface area (Å²) in [4.78, 5) is 13.6. The molecule has 0 saturated heterocycles. The van der Waals surface area contributed by atoms with Crippen molar-refractivity contribution < 1.29 is 4.79 Å². The fourth-order valence-corrected chi connectivity index (χ4v) is 3.78. The zero-order valence-corrected chi connectivity index (χ0v) is 13.0. The normalized spacial score (nSPS) is 14.4. The van der Waals surface area contributed by atoms with E-state index in [-0.39, 0.29) is 5.91 Å². The van der Waals surface area contributed by atoms with Crippen LogP contribution in [0.5, 0.6) is 0 Å². The second-order valence-electron chi connectivity index (χ2n) is 5.30. The molecule has 1 aliphatic carbocycles. The van der Waals surface area contributed by atoms with Crippen molar-refractivity contribution >= 4 is 23.5 Å². The van der Waals surface area contributed by atoms with E-state index in [0.29, 0.717) is 0 Å². The van der Waals surface area contributed by atoms with E-state index < -0.39 is 0 Å². The number of rotatable bonds is 3. The molecule has 0 saturated carbocycles. The minimum atomic E-state index is -0.118. The molecule has 6 heteroatoms. The van der Waals surface area contributed by atoms with E-state index in [4.69, 9.17) is 0 Å². The number of carbonyl (C=O) groups is 1. The van der Waals surface area contributed by atoms with Gasteiger partial charge in [-0.25, -0.2) is 5.43 Å². The summed E-state index contributed by atoms with van der Waals surface area (Å²) in [5.74, 6) is -0.118. The van der Waals surface area contributed by atoms with Crippen LogP contribution in [-0.4, -0.2) is 21.9 Å². The standard InChI is InChI=1S/C15H18N4OS/c1-10-11(8-19(2)18-10)7-16-17-15(20)13-9-21-14-6-4-3-5-12(13)14/h7-9H,3-6H2,1-2H3,(H,17,20). The maximum Gasteiger partial charge on any atom is 0.272 e. The number of hydrogen-bond acceptors (Lipinski definition) is 4. The average Bonchev–Trinajstić information content (AvgIpc) is 3.02. The summed E-state index contributed by atoms with van der Waals surface area (Å²) >= 11 is 1.69. The number of nitrogens with one attached hydrogen (secondary N) is 1. The number of fused-ring (bicyclic) bond motifs is 1. The number of carbonyl (C=O) groups excluding carboxylic acids is 1. The highest BCUT2D eigenvalue weighted by Crippen LogP contribution is 2.30. The lowest BCUT2D eigenvalue weighted by molar-refractivity contribution is 0.0954. The third-order valence-corrected chi connectivity index (χ3v) is 4.82. The molecule has 1 amide bonds. The molecule has 1 aliphatic rings. The van der Waals surface area contributed by atoms with Crippen molar-refractivity contribution in [2.75, 3.05) is 0 Å². The highest BCUT2D eigenvalue weighted by molar-refractivity contribution is 7.10. The first-order valence-electron chi connectivity index (χ1n) is 7.08. The quantitative estimate of drug-likeness (QED) is 0.699. The lowest BCUT2D eigenvalue weighted by Gasteiger charge is -2.11. The number of nitrogens with zero attached hydrogens (tertiary/aromatic N) is 3. The van der Waals surface area contributed by atoms with Crippen molar-refractivity contribution in [3.05, 3.63) is 38.8 Å². The van der Waals surface area contributed by atoms with Gasteiger partial charge in [0.2, 0.25) is 0 Å². The summed E-state index contributed by atoms with van der Waals surface area (Å²) in [6.07, 6.45) is 8.02. The Hall–Kier alpha value is -1.95. The minimum Gasteiger partial charge on any atom is -0.275 e. The summed E-state index contributed by atoms with van der Waals surface area (Å²) in [5, 5.41) is 10.2. The fraction of sp³-hybridized carbons (Fsp3) is 0.400. The molecule has 21 heavy (non-hydrogen) atoms. The summed E-state index contributed by atoms with van der Waals surface area (Å²) < 4.78 is 1.73. The van der Waals surface area contributed by atoms with Crippen LogP contribution < -0.4 is 5.43 Å². The van der Waals surface area contributed by atoms with Gasteiger partial charge in [-0.1, -0.05) is 0 Å². The summed E-state index contributed by atoms with van der Waals surface area (Å²) in [5.41, 5.74) is 6.43. The SMILES string of the molecule is Cc1nn(C)cc1C=NNC(=O)c1csc2c1CCCC2. The Kier molecular flexibility index (Phi) is 3.88. The Morgan fingerprint density at radius 2 is 2.29 bits per heavy atom. The van der Waals surface area contributed by atoms with Crippen LogP contribution >= 0.6 is 11.3 Å². The zero-order chi connectivity index (χ0) is 14.8. The van der Waals surface area contributed by atoms with Crippen LogP contribution in [0.2, 0.25) is 0 Å². The Bertz CT molecular complexity index is 699. The van der Waals surface area contributed by atoms with Gasteiger partial charge < -0.3 is 0 Å². The molecule has 2 aromatic heterocycles. The monoisotopic (exact) mass is 302 g/mol. The van der Waals surface area contributed by atoms with Crippen LogP contribution in [0.15, 0.2) is 16.7 Å². The topological polar surface area (TPSA) is 59.3 Å². The van der Waals surface area contributed by atoms with Gasteiger partial charge in [-0.2, -0.15) is 10.2 Å². The molecule has 0 atom stereocenters. The minimum absolute atomic E-state index is 0.118. The first kappa shape index (κ1) is 14.0. The summed E-state index contributed by atoms with van der Waals surface area (Å²) in [6, 6.07) is 0. The van der Waals surface area contributed by atoms with Crippen molar-refractivity contribution in [2.24, 2.45) is 12.1 Å². The number of hydrogen-bond donors (Lipinski definition) is 1. The van der Waals surface area contributed by atoms with E-state index in [1.165, 1.54) is 23.3 Å². The fourth-order valence-electron chi connectivity index (χ4n) is 2.65. The van der Waals surface area contributed by atoms with Gasteiger partial charge in [-0.05, 0) is 38.2 Å². The molecule has 0 aromatic carbocycles. The highest BCUT2D eigenvalue weighted by Gasteiger charge is 2.19. The molecule has 2 heterocycles. The molecule has 0 spiro atoms.